The molecule has 3 rings (SSSR count). The Morgan fingerprint density at radius 1 is 1.20 bits per heavy atom. The molecule has 2 aromatic heterocycles. The Kier molecular flexibility index (Phi) is 3.19. The van der Waals surface area contributed by atoms with Gasteiger partial charge >= 0.3 is 0 Å². The molecule has 0 aliphatic carbocycles. The highest BCUT2D eigenvalue weighted by Crippen LogP contribution is 2.34. The van der Waals surface area contributed by atoms with Crippen molar-refractivity contribution in [3.05, 3.63) is 41.5 Å². The van der Waals surface area contributed by atoms with Gasteiger partial charge in [-0.25, -0.2) is 9.97 Å². The molecule has 0 saturated heterocycles. The van der Waals surface area contributed by atoms with Crippen LogP contribution in [-0.2, 0) is 0 Å². The van der Waals surface area contributed by atoms with Crippen LogP contribution in [0.25, 0.3) is 10.2 Å². The Labute approximate surface area is 119 Å². The summed E-state index contributed by atoms with van der Waals surface area (Å²) < 4.78 is 11.0. The van der Waals surface area contributed by atoms with Gasteiger partial charge in [-0.1, -0.05) is 0 Å². The van der Waals surface area contributed by atoms with Crippen molar-refractivity contribution in [1.29, 1.82) is 5.26 Å². The van der Waals surface area contributed by atoms with Crippen molar-refractivity contribution < 1.29 is 9.47 Å². The van der Waals surface area contributed by atoms with E-state index < -0.39 is 0 Å². The summed E-state index contributed by atoms with van der Waals surface area (Å²) in [6.07, 6.45) is 1.46. The van der Waals surface area contributed by atoms with Crippen LogP contribution in [0, 0.1) is 11.3 Å². The van der Waals surface area contributed by atoms with Crippen LogP contribution < -0.4 is 9.47 Å². The summed E-state index contributed by atoms with van der Waals surface area (Å²) in [7, 11) is 1.53. The first-order valence-electron chi connectivity index (χ1n) is 5.76. The lowest BCUT2D eigenvalue weighted by Crippen LogP contribution is -1.93. The molecule has 5 nitrogen and oxygen atoms in total. The number of hydrogen-bond donors (Lipinski definition) is 0. The molecular formula is C14H9N3O2S. The van der Waals surface area contributed by atoms with E-state index in [9.17, 15) is 0 Å². The first kappa shape index (κ1) is 12.4. The zero-order valence-electron chi connectivity index (χ0n) is 10.5. The maximum absolute atomic E-state index is 8.89. The number of aromatic nitrogens is 2. The van der Waals surface area contributed by atoms with Crippen molar-refractivity contribution in [3.8, 4) is 23.4 Å². The van der Waals surface area contributed by atoms with Gasteiger partial charge in [0.25, 0.3) is 0 Å². The fraction of sp³-hybridized carbons (Fsp3) is 0.0714. The summed E-state index contributed by atoms with van der Waals surface area (Å²) in [6.45, 7) is 0. The molecule has 6 heteroatoms. The fourth-order valence-electron chi connectivity index (χ4n) is 1.77. The highest BCUT2D eigenvalue weighted by molar-refractivity contribution is 7.16. The number of hydrogen-bond acceptors (Lipinski definition) is 6. The normalized spacial score (nSPS) is 10.2. The summed E-state index contributed by atoms with van der Waals surface area (Å²) in [5.74, 6) is 1.47. The average Bonchev–Trinajstić information content (AvgIpc) is 2.97. The van der Waals surface area contributed by atoms with Crippen LogP contribution in [0.4, 0.5) is 0 Å². The van der Waals surface area contributed by atoms with Gasteiger partial charge in [-0.2, -0.15) is 5.26 Å². The van der Waals surface area contributed by atoms with Gasteiger partial charge in [0.1, 0.15) is 11.2 Å². The molecule has 0 saturated carbocycles. The molecule has 0 amide bonds. The number of benzene rings is 1. The lowest BCUT2D eigenvalue weighted by molar-refractivity contribution is 0.375. The summed E-state index contributed by atoms with van der Waals surface area (Å²) in [4.78, 5) is 9.18. The predicted molar refractivity (Wildman–Crippen MR) is 75.2 cm³/mol. The molecule has 98 valence electrons. The highest BCUT2D eigenvalue weighted by Gasteiger charge is 2.11. The predicted octanol–water partition coefficient (Wildman–Crippen LogP) is 3.36. The molecule has 1 aromatic carbocycles. The zero-order chi connectivity index (χ0) is 13.9. The fourth-order valence-corrected chi connectivity index (χ4v) is 2.50. The lowest BCUT2D eigenvalue weighted by atomic mass is 10.2. The summed E-state index contributed by atoms with van der Waals surface area (Å²) in [5.41, 5.74) is 0.512. The van der Waals surface area contributed by atoms with Crippen LogP contribution in [-0.4, -0.2) is 17.1 Å². The number of nitrogens with zero attached hydrogens (tertiary/aromatic N) is 3. The number of fused-ring (bicyclic) bond motifs is 1. The van der Waals surface area contributed by atoms with Crippen molar-refractivity contribution in [3.63, 3.8) is 0 Å². The molecule has 0 spiro atoms. The highest BCUT2D eigenvalue weighted by atomic mass is 32.1. The topological polar surface area (TPSA) is 68.0 Å². The van der Waals surface area contributed by atoms with Crippen molar-refractivity contribution in [2.45, 2.75) is 0 Å². The second-order valence-corrected chi connectivity index (χ2v) is 4.79. The van der Waals surface area contributed by atoms with Gasteiger partial charge in [0, 0.05) is 6.07 Å². The lowest BCUT2D eigenvalue weighted by Gasteiger charge is -2.10. The van der Waals surface area contributed by atoms with Crippen LogP contribution >= 0.6 is 11.3 Å². The van der Waals surface area contributed by atoms with Gasteiger partial charge in [0.15, 0.2) is 11.5 Å². The molecule has 0 unspecified atom stereocenters. The van der Waals surface area contributed by atoms with E-state index in [-0.39, 0.29) is 0 Å². The SMILES string of the molecule is COc1cc(C#N)ccc1Oc1ncnc2sccc12. The molecular weight excluding hydrogens is 274 g/mol. The van der Waals surface area contributed by atoms with Gasteiger partial charge in [0.2, 0.25) is 5.88 Å². The van der Waals surface area contributed by atoms with E-state index in [1.165, 1.54) is 24.8 Å². The number of methoxy groups -OCH3 is 1. The van der Waals surface area contributed by atoms with Crippen molar-refractivity contribution in [1.82, 2.24) is 9.97 Å². The maximum atomic E-state index is 8.89. The molecule has 0 aliphatic heterocycles. The molecule has 0 aliphatic rings. The average molecular weight is 283 g/mol. The molecule has 0 radical (unpaired) electrons. The van der Waals surface area contributed by atoms with Gasteiger partial charge in [-0.05, 0) is 23.6 Å². The Morgan fingerprint density at radius 2 is 2.10 bits per heavy atom. The van der Waals surface area contributed by atoms with Crippen LogP contribution in [0.1, 0.15) is 5.56 Å². The third-order valence-electron chi connectivity index (χ3n) is 2.72. The Balaban J connectivity index is 2.03. The standard InChI is InChI=1S/C14H9N3O2S/c1-18-12-6-9(7-15)2-3-11(12)19-13-10-4-5-20-14(10)17-8-16-13/h2-6,8H,1H3. The van der Waals surface area contributed by atoms with E-state index in [2.05, 4.69) is 16.0 Å². The van der Waals surface area contributed by atoms with Crippen LogP contribution in [0.2, 0.25) is 0 Å². The van der Waals surface area contributed by atoms with E-state index in [0.717, 1.165) is 10.2 Å². The second-order valence-electron chi connectivity index (χ2n) is 3.90. The molecule has 0 atom stereocenters. The third-order valence-corrected chi connectivity index (χ3v) is 3.55. The smallest absolute Gasteiger partial charge is 0.231 e. The van der Waals surface area contributed by atoms with Crippen molar-refractivity contribution in [2.24, 2.45) is 0 Å². The Hall–Kier alpha value is -2.65. The number of thiophene rings is 1. The number of nitriles is 1. The van der Waals surface area contributed by atoms with Gasteiger partial charge in [-0.15, -0.1) is 11.3 Å². The molecule has 0 bridgehead atoms. The first-order valence-corrected chi connectivity index (χ1v) is 6.64. The van der Waals surface area contributed by atoms with E-state index in [4.69, 9.17) is 14.7 Å². The van der Waals surface area contributed by atoms with E-state index >= 15 is 0 Å². The van der Waals surface area contributed by atoms with Gasteiger partial charge in [-0.3, -0.25) is 0 Å². The molecule has 3 aromatic rings. The van der Waals surface area contributed by atoms with Crippen molar-refractivity contribution in [2.75, 3.05) is 7.11 Å². The van der Waals surface area contributed by atoms with E-state index in [1.54, 1.807) is 18.2 Å². The van der Waals surface area contributed by atoms with Crippen LogP contribution in [0.5, 0.6) is 17.4 Å². The Morgan fingerprint density at radius 3 is 2.90 bits per heavy atom. The minimum Gasteiger partial charge on any atom is -0.493 e. The van der Waals surface area contributed by atoms with E-state index in [1.807, 2.05) is 11.4 Å². The first-order chi connectivity index (χ1) is 9.81. The molecule has 2 heterocycles. The van der Waals surface area contributed by atoms with E-state index in [0.29, 0.717) is 22.9 Å². The summed E-state index contributed by atoms with van der Waals surface area (Å²) >= 11 is 1.52. The quantitative estimate of drug-likeness (QED) is 0.737. The zero-order valence-corrected chi connectivity index (χ0v) is 11.3. The largest absolute Gasteiger partial charge is 0.493 e. The molecule has 0 fully saturated rings. The van der Waals surface area contributed by atoms with Gasteiger partial charge < -0.3 is 9.47 Å². The Bertz CT molecular complexity index is 808. The van der Waals surface area contributed by atoms with Crippen LogP contribution in [0.3, 0.4) is 0 Å². The summed E-state index contributed by atoms with van der Waals surface area (Å²) in [6, 6.07) is 8.96. The number of rotatable bonds is 3. The number of ether oxygens (including phenoxy) is 2. The summed E-state index contributed by atoms with van der Waals surface area (Å²) in [5, 5.41) is 11.7. The minimum atomic E-state index is 0.472. The maximum Gasteiger partial charge on any atom is 0.231 e. The minimum absolute atomic E-state index is 0.472. The molecule has 20 heavy (non-hydrogen) atoms. The van der Waals surface area contributed by atoms with Crippen LogP contribution in [0.15, 0.2) is 36.0 Å². The van der Waals surface area contributed by atoms with Gasteiger partial charge in [0.05, 0.1) is 24.1 Å². The second kappa shape index (κ2) is 5.15. The third kappa shape index (κ3) is 2.15. The monoisotopic (exact) mass is 283 g/mol. The molecule has 0 N–H and O–H groups in total. The van der Waals surface area contributed by atoms with Crippen molar-refractivity contribution >= 4 is 21.6 Å².